The van der Waals surface area contributed by atoms with Crippen LogP contribution in [0.15, 0.2) is 22.8 Å². The van der Waals surface area contributed by atoms with E-state index in [1.54, 1.807) is 23.6 Å². The number of carbonyl (C=O) groups excluding carboxylic acids is 1. The van der Waals surface area contributed by atoms with E-state index in [1.807, 2.05) is 19.9 Å². The summed E-state index contributed by atoms with van der Waals surface area (Å²) in [5, 5.41) is 0.850. The van der Waals surface area contributed by atoms with Gasteiger partial charge in [-0.3, -0.25) is 9.78 Å². The average Bonchev–Trinajstić information content (AvgIpc) is 2.58. The molecule has 5 heteroatoms. The molecule has 0 unspecified atom stereocenters. The molecule has 88 valence electrons. The molecule has 0 saturated heterocycles. The fourth-order valence-corrected chi connectivity index (χ4v) is 2.84. The van der Waals surface area contributed by atoms with Gasteiger partial charge in [0.15, 0.2) is 5.78 Å². The Labute approximate surface area is 112 Å². The minimum Gasteiger partial charge on any atom is -0.292 e. The molecule has 0 aliphatic rings. The van der Waals surface area contributed by atoms with Crippen LogP contribution in [0.3, 0.4) is 0 Å². The Morgan fingerprint density at radius 2 is 2.24 bits per heavy atom. The maximum Gasteiger partial charge on any atom is 0.189 e. The summed E-state index contributed by atoms with van der Waals surface area (Å²) in [5.41, 5.74) is 1.47. The van der Waals surface area contributed by atoms with Crippen LogP contribution in [0.5, 0.6) is 0 Å². The van der Waals surface area contributed by atoms with E-state index in [2.05, 4.69) is 25.9 Å². The number of hydrogen-bond acceptors (Lipinski definition) is 4. The van der Waals surface area contributed by atoms with E-state index in [4.69, 9.17) is 0 Å². The molecular formula is C12H11BrN2OS. The van der Waals surface area contributed by atoms with Crippen molar-refractivity contribution >= 4 is 33.0 Å². The number of ketones is 1. The van der Waals surface area contributed by atoms with Crippen LogP contribution in [0.4, 0.5) is 0 Å². The van der Waals surface area contributed by atoms with Crippen LogP contribution in [-0.2, 0) is 6.42 Å². The summed E-state index contributed by atoms with van der Waals surface area (Å²) in [6, 6.07) is 3.61. The van der Waals surface area contributed by atoms with Gasteiger partial charge >= 0.3 is 0 Å². The molecule has 2 aromatic rings. The van der Waals surface area contributed by atoms with Crippen LogP contribution in [0.2, 0.25) is 0 Å². The van der Waals surface area contributed by atoms with Gasteiger partial charge in [0, 0.05) is 15.5 Å². The predicted octanol–water partition coefficient (Wildman–Crippen LogP) is 3.34. The Hall–Kier alpha value is -1.07. The van der Waals surface area contributed by atoms with Gasteiger partial charge in [-0.2, -0.15) is 0 Å². The number of pyridine rings is 1. The van der Waals surface area contributed by atoms with Crippen LogP contribution in [0.1, 0.15) is 26.1 Å². The molecule has 3 nitrogen and oxygen atoms in total. The Morgan fingerprint density at radius 3 is 2.82 bits per heavy atom. The minimum atomic E-state index is -0.00812. The molecule has 0 saturated carbocycles. The average molecular weight is 311 g/mol. The van der Waals surface area contributed by atoms with Gasteiger partial charge in [-0.05, 0) is 41.9 Å². The van der Waals surface area contributed by atoms with E-state index in [-0.39, 0.29) is 5.78 Å². The van der Waals surface area contributed by atoms with Gasteiger partial charge in [-0.25, -0.2) is 4.98 Å². The van der Waals surface area contributed by atoms with Crippen molar-refractivity contribution in [1.82, 2.24) is 9.97 Å². The first-order valence-corrected chi connectivity index (χ1v) is 6.75. The third-order valence-corrected chi connectivity index (χ3v) is 4.12. The molecule has 0 aromatic carbocycles. The first-order valence-electron chi connectivity index (χ1n) is 5.14. The van der Waals surface area contributed by atoms with Gasteiger partial charge < -0.3 is 0 Å². The molecule has 0 aliphatic carbocycles. The fraction of sp³-hybridized carbons (Fsp3) is 0.250. The van der Waals surface area contributed by atoms with Gasteiger partial charge in [0.25, 0.3) is 0 Å². The molecule has 2 aromatic heterocycles. The second kappa shape index (κ2) is 5.06. The molecular weight excluding hydrogens is 300 g/mol. The van der Waals surface area contributed by atoms with E-state index >= 15 is 0 Å². The maximum atomic E-state index is 12.0. The van der Waals surface area contributed by atoms with Gasteiger partial charge in [0.1, 0.15) is 10.7 Å². The van der Waals surface area contributed by atoms with Crippen molar-refractivity contribution in [1.29, 1.82) is 0 Å². The summed E-state index contributed by atoms with van der Waals surface area (Å²) in [4.78, 5) is 21.6. The highest BCUT2D eigenvalue weighted by atomic mass is 79.9. The zero-order valence-corrected chi connectivity index (χ0v) is 11.9. The first-order chi connectivity index (χ1) is 8.08. The zero-order chi connectivity index (χ0) is 12.4. The molecule has 0 N–H and O–H groups in total. The lowest BCUT2D eigenvalue weighted by atomic mass is 10.2. The van der Waals surface area contributed by atoms with Crippen molar-refractivity contribution in [3.05, 3.63) is 44.1 Å². The number of hydrogen-bond donors (Lipinski definition) is 0. The molecule has 17 heavy (non-hydrogen) atoms. The lowest BCUT2D eigenvalue weighted by molar-refractivity contribution is 0.0987. The number of aryl methyl sites for hydroxylation is 2. The molecule has 0 aliphatic heterocycles. The summed E-state index contributed by atoms with van der Waals surface area (Å²) >= 11 is 4.90. The zero-order valence-electron chi connectivity index (χ0n) is 9.53. The molecule has 0 fully saturated rings. The van der Waals surface area contributed by atoms with Crippen LogP contribution in [0, 0.1) is 13.8 Å². The van der Waals surface area contributed by atoms with Crippen molar-refractivity contribution < 1.29 is 4.79 Å². The summed E-state index contributed by atoms with van der Waals surface area (Å²) in [6.45, 7) is 3.97. The summed E-state index contributed by atoms with van der Waals surface area (Å²) < 4.78 is 0.731. The molecule has 0 amide bonds. The third kappa shape index (κ3) is 2.79. The molecule has 0 spiro atoms. The third-order valence-electron chi connectivity index (χ3n) is 2.41. The standard InChI is InChI=1S/C12H11BrN2OS/c1-7-8(2)17-11(15-7)6-10(16)12-9(13)4-3-5-14-12/h3-5H,6H2,1-2H3. The normalized spacial score (nSPS) is 10.5. The van der Waals surface area contributed by atoms with E-state index in [1.165, 1.54) is 0 Å². The molecule has 2 heterocycles. The number of rotatable bonds is 3. The molecule has 2 rings (SSSR count). The monoisotopic (exact) mass is 310 g/mol. The molecule has 0 atom stereocenters. The highest BCUT2D eigenvalue weighted by molar-refractivity contribution is 9.10. The Balaban J connectivity index is 2.20. The van der Waals surface area contributed by atoms with Crippen molar-refractivity contribution in [2.75, 3.05) is 0 Å². The fourth-order valence-electron chi connectivity index (χ4n) is 1.43. The summed E-state index contributed by atoms with van der Waals surface area (Å²) in [7, 11) is 0. The number of nitrogens with zero attached hydrogens (tertiary/aromatic N) is 2. The highest BCUT2D eigenvalue weighted by Gasteiger charge is 2.14. The largest absolute Gasteiger partial charge is 0.292 e. The first kappa shape index (κ1) is 12.4. The lowest BCUT2D eigenvalue weighted by Crippen LogP contribution is -2.06. The van der Waals surface area contributed by atoms with E-state index in [0.717, 1.165) is 20.1 Å². The second-order valence-corrected chi connectivity index (χ2v) is 5.83. The van der Waals surface area contributed by atoms with Crippen LogP contribution in [0.25, 0.3) is 0 Å². The second-order valence-electron chi connectivity index (χ2n) is 3.68. The van der Waals surface area contributed by atoms with Gasteiger partial charge in [-0.1, -0.05) is 0 Å². The van der Waals surface area contributed by atoms with Crippen molar-refractivity contribution in [2.45, 2.75) is 20.3 Å². The minimum absolute atomic E-state index is 0.00812. The molecule has 0 bridgehead atoms. The van der Waals surface area contributed by atoms with Gasteiger partial charge in [-0.15, -0.1) is 11.3 Å². The number of carbonyl (C=O) groups is 1. The SMILES string of the molecule is Cc1nc(CC(=O)c2ncccc2Br)sc1C. The maximum absolute atomic E-state index is 12.0. The highest BCUT2D eigenvalue weighted by Crippen LogP contribution is 2.20. The predicted molar refractivity (Wildman–Crippen MR) is 71.6 cm³/mol. The Morgan fingerprint density at radius 1 is 1.47 bits per heavy atom. The topological polar surface area (TPSA) is 42.9 Å². The van der Waals surface area contributed by atoms with Gasteiger partial charge in [0.2, 0.25) is 0 Å². The number of halogens is 1. The lowest BCUT2D eigenvalue weighted by Gasteiger charge is -1.99. The number of aromatic nitrogens is 2. The van der Waals surface area contributed by atoms with E-state index in [0.29, 0.717) is 12.1 Å². The number of Topliss-reactive ketones (excluding diaryl/α,β-unsaturated/α-hetero) is 1. The van der Waals surface area contributed by atoms with Crippen LogP contribution < -0.4 is 0 Å². The van der Waals surface area contributed by atoms with Crippen molar-refractivity contribution in [3.63, 3.8) is 0 Å². The van der Waals surface area contributed by atoms with Crippen molar-refractivity contribution in [2.24, 2.45) is 0 Å². The van der Waals surface area contributed by atoms with E-state index in [9.17, 15) is 4.79 Å². The van der Waals surface area contributed by atoms with Crippen LogP contribution >= 0.6 is 27.3 Å². The van der Waals surface area contributed by atoms with E-state index < -0.39 is 0 Å². The van der Waals surface area contributed by atoms with Crippen molar-refractivity contribution in [3.8, 4) is 0 Å². The summed E-state index contributed by atoms with van der Waals surface area (Å²) in [5.74, 6) is -0.00812. The Kier molecular flexibility index (Phi) is 3.69. The van der Waals surface area contributed by atoms with Gasteiger partial charge in [0.05, 0.1) is 12.1 Å². The quantitative estimate of drug-likeness (QED) is 0.817. The summed E-state index contributed by atoms with van der Waals surface area (Å²) in [6.07, 6.45) is 1.94. The Bertz CT molecular complexity index is 546. The van der Waals surface area contributed by atoms with Crippen LogP contribution in [-0.4, -0.2) is 15.8 Å². The molecule has 0 radical (unpaired) electrons. The smallest absolute Gasteiger partial charge is 0.189 e. The number of thiazole rings is 1.